The van der Waals surface area contributed by atoms with E-state index in [1.807, 2.05) is 0 Å². The summed E-state index contributed by atoms with van der Waals surface area (Å²) >= 11 is 3.05. The molecular formula is C9H5BrFNO2. The fraction of sp³-hybridized carbons (Fsp3) is 0.111. The molecule has 72 valence electrons. The molecule has 0 aliphatic carbocycles. The van der Waals surface area contributed by atoms with Gasteiger partial charge in [-0.15, -0.1) is 0 Å². The van der Waals surface area contributed by atoms with E-state index < -0.39 is 10.7 Å². The van der Waals surface area contributed by atoms with Crippen LogP contribution in [0.25, 0.3) is 0 Å². The monoisotopic (exact) mass is 257 g/mol. The predicted octanol–water partition coefficient (Wildman–Crippen LogP) is 2.48. The van der Waals surface area contributed by atoms with Crippen LogP contribution in [0, 0.1) is 27.8 Å². The highest BCUT2D eigenvalue weighted by molar-refractivity contribution is 9.09. The second-order valence-electron chi connectivity index (χ2n) is 2.36. The summed E-state index contributed by atoms with van der Waals surface area (Å²) in [6.45, 7) is 0. The number of halogens is 2. The molecule has 0 spiro atoms. The van der Waals surface area contributed by atoms with Crippen LogP contribution in [0.5, 0.6) is 0 Å². The van der Waals surface area contributed by atoms with Gasteiger partial charge in [-0.1, -0.05) is 27.8 Å². The molecule has 0 N–H and O–H groups in total. The highest BCUT2D eigenvalue weighted by Crippen LogP contribution is 2.15. The molecule has 0 saturated carbocycles. The first-order valence-electron chi connectivity index (χ1n) is 3.64. The molecule has 0 atom stereocenters. The summed E-state index contributed by atoms with van der Waals surface area (Å²) in [6, 6.07) is 3.26. The molecule has 1 aromatic carbocycles. The lowest BCUT2D eigenvalue weighted by Gasteiger charge is -1.94. The Bertz CT molecular complexity index is 423. The molecule has 0 saturated heterocycles. The zero-order chi connectivity index (χ0) is 10.6. The van der Waals surface area contributed by atoms with Gasteiger partial charge in [0.05, 0.1) is 15.8 Å². The van der Waals surface area contributed by atoms with Crippen molar-refractivity contribution in [3.8, 4) is 11.8 Å². The second-order valence-corrected chi connectivity index (χ2v) is 2.92. The lowest BCUT2D eigenvalue weighted by atomic mass is 10.2. The van der Waals surface area contributed by atoms with E-state index in [0.717, 1.165) is 18.2 Å². The molecule has 1 rings (SSSR count). The van der Waals surface area contributed by atoms with E-state index in [2.05, 4.69) is 27.8 Å². The quantitative estimate of drug-likeness (QED) is 0.336. The Morgan fingerprint density at radius 3 is 2.86 bits per heavy atom. The van der Waals surface area contributed by atoms with E-state index in [1.165, 1.54) is 0 Å². The highest BCUT2D eigenvalue weighted by Gasteiger charge is 2.08. The summed E-state index contributed by atoms with van der Waals surface area (Å²) in [7, 11) is 0. The maximum Gasteiger partial charge on any atom is 0.270 e. The molecule has 0 bridgehead atoms. The average molecular weight is 258 g/mol. The van der Waals surface area contributed by atoms with Gasteiger partial charge in [0.15, 0.2) is 0 Å². The first kappa shape index (κ1) is 10.7. The van der Waals surface area contributed by atoms with E-state index in [4.69, 9.17) is 0 Å². The van der Waals surface area contributed by atoms with Crippen LogP contribution in [0.3, 0.4) is 0 Å². The minimum absolute atomic E-state index is 0.0404. The summed E-state index contributed by atoms with van der Waals surface area (Å²) in [6.07, 6.45) is 0. The van der Waals surface area contributed by atoms with E-state index in [9.17, 15) is 14.5 Å². The van der Waals surface area contributed by atoms with Crippen LogP contribution in [-0.2, 0) is 0 Å². The van der Waals surface area contributed by atoms with Gasteiger partial charge in [0.2, 0.25) is 0 Å². The van der Waals surface area contributed by atoms with Crippen LogP contribution in [0.15, 0.2) is 18.2 Å². The fourth-order valence-electron chi connectivity index (χ4n) is 0.851. The molecule has 1 aromatic rings. The topological polar surface area (TPSA) is 43.1 Å². The molecule has 0 aliphatic heterocycles. The van der Waals surface area contributed by atoms with Crippen molar-refractivity contribution in [3.05, 3.63) is 39.7 Å². The summed E-state index contributed by atoms with van der Waals surface area (Å²) < 4.78 is 13.0. The molecule has 0 unspecified atom stereocenters. The minimum atomic E-state index is -0.585. The maximum atomic E-state index is 13.0. The molecule has 5 heteroatoms. The van der Waals surface area contributed by atoms with Gasteiger partial charge in [0.25, 0.3) is 5.69 Å². The SMILES string of the molecule is O=[N+]([O-])c1ccc(F)c(C#CCBr)c1. The first-order chi connectivity index (χ1) is 6.65. The van der Waals surface area contributed by atoms with Crippen LogP contribution >= 0.6 is 15.9 Å². The Morgan fingerprint density at radius 1 is 1.57 bits per heavy atom. The van der Waals surface area contributed by atoms with Crippen molar-refractivity contribution in [2.75, 3.05) is 5.33 Å². The third-order valence-electron chi connectivity index (χ3n) is 1.45. The van der Waals surface area contributed by atoms with E-state index in [1.54, 1.807) is 0 Å². The second kappa shape index (κ2) is 4.72. The van der Waals surface area contributed by atoms with Crippen LogP contribution in [0.1, 0.15) is 5.56 Å². The fourth-order valence-corrected chi connectivity index (χ4v) is 0.991. The Balaban J connectivity index is 3.14. The van der Waals surface area contributed by atoms with Crippen molar-refractivity contribution in [2.24, 2.45) is 0 Å². The molecule has 0 aliphatic rings. The number of nitro groups is 1. The molecule has 0 radical (unpaired) electrons. The highest BCUT2D eigenvalue weighted by atomic mass is 79.9. The smallest absolute Gasteiger partial charge is 0.258 e. The average Bonchev–Trinajstić information content (AvgIpc) is 2.16. The molecule has 0 heterocycles. The van der Waals surface area contributed by atoms with E-state index >= 15 is 0 Å². The Kier molecular flexibility index (Phi) is 3.60. The van der Waals surface area contributed by atoms with Gasteiger partial charge >= 0.3 is 0 Å². The summed E-state index contributed by atoms with van der Waals surface area (Å²) in [5, 5.41) is 10.8. The molecule has 0 amide bonds. The summed E-state index contributed by atoms with van der Waals surface area (Å²) in [4.78, 5) is 9.78. The number of non-ortho nitro benzene ring substituents is 1. The van der Waals surface area contributed by atoms with Gasteiger partial charge in [-0.05, 0) is 6.07 Å². The van der Waals surface area contributed by atoms with Gasteiger partial charge in [-0.2, -0.15) is 0 Å². The number of hydrogen-bond donors (Lipinski definition) is 0. The van der Waals surface area contributed by atoms with Gasteiger partial charge in [-0.3, -0.25) is 10.1 Å². The van der Waals surface area contributed by atoms with Crippen molar-refractivity contribution in [2.45, 2.75) is 0 Å². The zero-order valence-electron chi connectivity index (χ0n) is 6.96. The summed E-state index contributed by atoms with van der Waals surface area (Å²) in [5.41, 5.74) is -0.121. The third kappa shape index (κ3) is 2.54. The number of benzene rings is 1. The molecule has 0 fully saturated rings. The van der Waals surface area contributed by atoms with Crippen LogP contribution in [0.2, 0.25) is 0 Å². The van der Waals surface area contributed by atoms with Crippen LogP contribution in [0.4, 0.5) is 10.1 Å². The molecule has 0 aromatic heterocycles. The van der Waals surface area contributed by atoms with Crippen molar-refractivity contribution < 1.29 is 9.31 Å². The molecular weight excluding hydrogens is 253 g/mol. The number of alkyl halides is 1. The zero-order valence-corrected chi connectivity index (χ0v) is 8.54. The minimum Gasteiger partial charge on any atom is -0.258 e. The number of nitrogens with zero attached hydrogens (tertiary/aromatic N) is 1. The van der Waals surface area contributed by atoms with E-state index in [0.29, 0.717) is 5.33 Å². The Hall–Kier alpha value is -1.41. The Morgan fingerprint density at radius 2 is 2.29 bits per heavy atom. The normalized spacial score (nSPS) is 9.00. The molecule has 3 nitrogen and oxygen atoms in total. The van der Waals surface area contributed by atoms with E-state index in [-0.39, 0.29) is 11.3 Å². The van der Waals surface area contributed by atoms with Gasteiger partial charge in [0, 0.05) is 12.1 Å². The van der Waals surface area contributed by atoms with Gasteiger partial charge < -0.3 is 0 Å². The lowest BCUT2D eigenvalue weighted by molar-refractivity contribution is -0.384. The van der Waals surface area contributed by atoms with Gasteiger partial charge in [0.1, 0.15) is 5.82 Å². The Labute approximate surface area is 88.2 Å². The number of nitro benzene ring substituents is 1. The standard InChI is InChI=1S/C9H5BrFNO2/c10-5-1-2-7-6-8(12(13)14)3-4-9(7)11/h3-4,6H,5H2. The maximum absolute atomic E-state index is 13.0. The summed E-state index contributed by atoms with van der Waals surface area (Å²) in [5.74, 6) is 4.51. The number of hydrogen-bond acceptors (Lipinski definition) is 2. The largest absolute Gasteiger partial charge is 0.270 e. The lowest BCUT2D eigenvalue weighted by Crippen LogP contribution is -1.91. The van der Waals surface area contributed by atoms with Crippen LogP contribution in [-0.4, -0.2) is 10.3 Å². The van der Waals surface area contributed by atoms with Crippen molar-refractivity contribution in [1.29, 1.82) is 0 Å². The third-order valence-corrected chi connectivity index (χ3v) is 1.73. The van der Waals surface area contributed by atoms with Gasteiger partial charge in [-0.25, -0.2) is 4.39 Å². The van der Waals surface area contributed by atoms with Crippen LogP contribution < -0.4 is 0 Å². The van der Waals surface area contributed by atoms with Crippen molar-refractivity contribution in [3.63, 3.8) is 0 Å². The first-order valence-corrected chi connectivity index (χ1v) is 4.76. The van der Waals surface area contributed by atoms with Crippen molar-refractivity contribution in [1.82, 2.24) is 0 Å². The predicted molar refractivity (Wildman–Crippen MR) is 53.7 cm³/mol. The molecule has 14 heavy (non-hydrogen) atoms. The van der Waals surface area contributed by atoms with Crippen molar-refractivity contribution >= 4 is 21.6 Å². The number of rotatable bonds is 1.